The molecule has 2 amide bonds. The van der Waals surface area contributed by atoms with Crippen molar-refractivity contribution in [3.8, 4) is 0 Å². The molecule has 2 aliphatic rings. The van der Waals surface area contributed by atoms with Gasteiger partial charge in [-0.05, 0) is 45.6 Å². The number of likely N-dealkylation sites (tertiary alicyclic amines) is 2. The lowest BCUT2D eigenvalue weighted by Crippen LogP contribution is -2.59. The van der Waals surface area contributed by atoms with Crippen molar-refractivity contribution in [2.75, 3.05) is 19.6 Å². The summed E-state index contributed by atoms with van der Waals surface area (Å²) < 4.78 is 10.9. The molecule has 1 unspecified atom stereocenters. The molecule has 2 fully saturated rings. The maximum Gasteiger partial charge on any atom is 0.410 e. The number of amides is 2. The lowest BCUT2D eigenvalue weighted by molar-refractivity contribution is -0.145. The van der Waals surface area contributed by atoms with Gasteiger partial charge in [0.1, 0.15) is 12.2 Å². The molecule has 0 radical (unpaired) electrons. The normalized spacial score (nSPS) is 20.8. The number of rotatable bonds is 3. The fourth-order valence-electron chi connectivity index (χ4n) is 4.38. The van der Waals surface area contributed by atoms with Gasteiger partial charge in [-0.25, -0.2) is 9.59 Å². The molecule has 2 aliphatic heterocycles. The summed E-state index contributed by atoms with van der Waals surface area (Å²) in [5.74, 6) is -1.60. The van der Waals surface area contributed by atoms with Gasteiger partial charge in [-0.2, -0.15) is 0 Å². The number of hydrogen-bond acceptors (Lipinski definition) is 5. The van der Waals surface area contributed by atoms with Gasteiger partial charge in [-0.3, -0.25) is 4.79 Å². The SMILES string of the molecule is CC(C)(C)OC(=O)N1CCC2(CC1)C(C(=O)O)CCN2C(=O)OCc1ccccc1. The van der Waals surface area contributed by atoms with E-state index in [0.29, 0.717) is 38.9 Å². The Kier molecular flexibility index (Phi) is 6.24. The molecule has 1 spiro atoms. The number of ether oxygens (including phenoxy) is 2. The highest BCUT2D eigenvalue weighted by molar-refractivity contribution is 5.77. The van der Waals surface area contributed by atoms with Crippen molar-refractivity contribution < 1.29 is 29.0 Å². The molecular weight excluding hydrogens is 388 g/mol. The summed E-state index contributed by atoms with van der Waals surface area (Å²) in [6.07, 6.45) is 0.212. The Morgan fingerprint density at radius 2 is 1.70 bits per heavy atom. The molecule has 0 aromatic heterocycles. The van der Waals surface area contributed by atoms with Gasteiger partial charge >= 0.3 is 18.2 Å². The molecule has 30 heavy (non-hydrogen) atoms. The highest BCUT2D eigenvalue weighted by Gasteiger charge is 2.56. The lowest BCUT2D eigenvalue weighted by Gasteiger charge is -2.46. The highest BCUT2D eigenvalue weighted by atomic mass is 16.6. The van der Waals surface area contributed by atoms with Gasteiger partial charge in [0.15, 0.2) is 0 Å². The van der Waals surface area contributed by atoms with Crippen LogP contribution in [0.3, 0.4) is 0 Å². The van der Waals surface area contributed by atoms with Crippen LogP contribution in [-0.4, -0.2) is 63.8 Å². The Hall–Kier alpha value is -2.77. The molecule has 0 aliphatic carbocycles. The summed E-state index contributed by atoms with van der Waals surface area (Å²) in [5, 5.41) is 9.78. The van der Waals surface area contributed by atoms with Crippen LogP contribution in [0.5, 0.6) is 0 Å². The van der Waals surface area contributed by atoms with Gasteiger partial charge in [0.25, 0.3) is 0 Å². The van der Waals surface area contributed by atoms with Gasteiger partial charge in [-0.1, -0.05) is 30.3 Å². The maximum atomic E-state index is 12.9. The summed E-state index contributed by atoms with van der Waals surface area (Å²) in [5.41, 5.74) is -0.581. The number of piperidine rings is 1. The van der Waals surface area contributed by atoms with Crippen LogP contribution in [0.4, 0.5) is 9.59 Å². The molecule has 1 aromatic rings. The third-order valence-electron chi connectivity index (χ3n) is 5.83. The minimum atomic E-state index is -0.918. The Morgan fingerprint density at radius 1 is 1.07 bits per heavy atom. The molecule has 2 saturated heterocycles. The molecule has 3 rings (SSSR count). The first-order valence-electron chi connectivity index (χ1n) is 10.3. The zero-order chi connectivity index (χ0) is 21.9. The smallest absolute Gasteiger partial charge is 0.410 e. The minimum Gasteiger partial charge on any atom is -0.481 e. The number of carboxylic acids is 1. The topological polar surface area (TPSA) is 96.4 Å². The first-order chi connectivity index (χ1) is 14.1. The largest absolute Gasteiger partial charge is 0.481 e. The average molecular weight is 418 g/mol. The van der Waals surface area contributed by atoms with Crippen LogP contribution in [0, 0.1) is 5.92 Å². The number of hydrogen-bond donors (Lipinski definition) is 1. The first-order valence-corrected chi connectivity index (χ1v) is 10.3. The predicted octanol–water partition coefficient (Wildman–Crippen LogP) is 3.50. The van der Waals surface area contributed by atoms with Crippen LogP contribution in [0.25, 0.3) is 0 Å². The Morgan fingerprint density at radius 3 is 2.27 bits per heavy atom. The Bertz CT molecular complexity index is 781. The highest BCUT2D eigenvalue weighted by Crippen LogP contribution is 2.43. The van der Waals surface area contributed by atoms with Crippen LogP contribution in [0.2, 0.25) is 0 Å². The van der Waals surface area contributed by atoms with Crippen LogP contribution in [0.1, 0.15) is 45.6 Å². The summed E-state index contributed by atoms with van der Waals surface area (Å²) in [4.78, 5) is 40.4. The van der Waals surface area contributed by atoms with E-state index in [9.17, 15) is 19.5 Å². The van der Waals surface area contributed by atoms with Crippen LogP contribution < -0.4 is 0 Å². The van der Waals surface area contributed by atoms with Crippen LogP contribution in [0.15, 0.2) is 30.3 Å². The van der Waals surface area contributed by atoms with Crippen molar-refractivity contribution in [2.24, 2.45) is 5.92 Å². The van der Waals surface area contributed by atoms with Crippen molar-refractivity contribution in [3.05, 3.63) is 35.9 Å². The standard InChI is InChI=1S/C22H30N2O6/c1-21(2,3)30-19(27)23-13-10-22(11-14-23)17(18(25)26)9-12-24(22)20(28)29-15-16-7-5-4-6-8-16/h4-8,17H,9-15H2,1-3H3,(H,25,26). The van der Waals surface area contributed by atoms with E-state index in [0.717, 1.165) is 5.56 Å². The monoisotopic (exact) mass is 418 g/mol. The van der Waals surface area contributed by atoms with E-state index in [2.05, 4.69) is 0 Å². The quantitative estimate of drug-likeness (QED) is 0.807. The Labute approximate surface area is 176 Å². The predicted molar refractivity (Wildman–Crippen MR) is 109 cm³/mol. The molecule has 0 bridgehead atoms. The van der Waals surface area contributed by atoms with Gasteiger partial charge in [0.2, 0.25) is 0 Å². The van der Waals surface area contributed by atoms with Crippen molar-refractivity contribution in [3.63, 3.8) is 0 Å². The molecule has 0 saturated carbocycles. The van der Waals surface area contributed by atoms with E-state index in [-0.39, 0.29) is 6.61 Å². The molecule has 8 nitrogen and oxygen atoms in total. The molecule has 2 heterocycles. The summed E-state index contributed by atoms with van der Waals surface area (Å²) in [6, 6.07) is 9.36. The fraction of sp³-hybridized carbons (Fsp3) is 0.591. The van der Waals surface area contributed by atoms with E-state index < -0.39 is 35.2 Å². The number of carbonyl (C=O) groups excluding carboxylic acids is 2. The van der Waals surface area contributed by atoms with E-state index in [4.69, 9.17) is 9.47 Å². The second-order valence-corrected chi connectivity index (χ2v) is 8.94. The second kappa shape index (κ2) is 8.53. The summed E-state index contributed by atoms with van der Waals surface area (Å²) in [6.45, 7) is 6.54. The third kappa shape index (κ3) is 4.68. The molecule has 1 N–H and O–H groups in total. The summed E-state index contributed by atoms with van der Waals surface area (Å²) >= 11 is 0. The van der Waals surface area contributed by atoms with Crippen molar-refractivity contribution >= 4 is 18.2 Å². The van der Waals surface area contributed by atoms with Crippen molar-refractivity contribution in [2.45, 2.75) is 57.8 Å². The number of aliphatic carboxylic acids is 1. The lowest BCUT2D eigenvalue weighted by atomic mass is 9.77. The molecule has 1 aromatic carbocycles. The fourth-order valence-corrected chi connectivity index (χ4v) is 4.38. The first kappa shape index (κ1) is 21.9. The third-order valence-corrected chi connectivity index (χ3v) is 5.83. The molecule has 164 valence electrons. The van der Waals surface area contributed by atoms with E-state index in [1.165, 1.54) is 0 Å². The van der Waals surface area contributed by atoms with Gasteiger partial charge in [0.05, 0.1) is 11.5 Å². The maximum absolute atomic E-state index is 12.9. The van der Waals surface area contributed by atoms with Crippen molar-refractivity contribution in [1.82, 2.24) is 9.80 Å². The summed E-state index contributed by atoms with van der Waals surface area (Å²) in [7, 11) is 0. The molecule has 1 atom stereocenters. The van der Waals surface area contributed by atoms with Gasteiger partial charge in [0, 0.05) is 19.6 Å². The minimum absolute atomic E-state index is 0.133. The van der Waals surface area contributed by atoms with Crippen LogP contribution in [-0.2, 0) is 20.9 Å². The van der Waals surface area contributed by atoms with E-state index >= 15 is 0 Å². The number of benzene rings is 1. The van der Waals surface area contributed by atoms with Crippen LogP contribution >= 0.6 is 0 Å². The van der Waals surface area contributed by atoms with Crippen molar-refractivity contribution in [1.29, 1.82) is 0 Å². The second-order valence-electron chi connectivity index (χ2n) is 8.94. The zero-order valence-electron chi connectivity index (χ0n) is 17.8. The number of carbonyl (C=O) groups is 3. The van der Waals surface area contributed by atoms with E-state index in [1.54, 1.807) is 30.6 Å². The van der Waals surface area contributed by atoms with Gasteiger partial charge in [-0.15, -0.1) is 0 Å². The Balaban J connectivity index is 1.70. The van der Waals surface area contributed by atoms with Gasteiger partial charge < -0.3 is 24.4 Å². The number of nitrogens with zero attached hydrogens (tertiary/aromatic N) is 2. The number of carboxylic acid groups (broad SMARTS) is 1. The molecule has 8 heteroatoms. The average Bonchev–Trinajstić information content (AvgIpc) is 3.05. The molecular formula is C22H30N2O6. The zero-order valence-corrected chi connectivity index (χ0v) is 17.8. The van der Waals surface area contributed by atoms with E-state index in [1.807, 2.05) is 30.3 Å².